The number of carbonyl (C=O) groups is 1. The number of ether oxygens (including phenoxy) is 2. The minimum absolute atomic E-state index is 0.0113. The van der Waals surface area contributed by atoms with Crippen molar-refractivity contribution in [3.63, 3.8) is 0 Å². The lowest BCUT2D eigenvalue weighted by Gasteiger charge is -2.18. The van der Waals surface area contributed by atoms with Crippen LogP contribution in [0.1, 0.15) is 25.8 Å². The Kier molecular flexibility index (Phi) is 7.18. The molecule has 0 unspecified atom stereocenters. The van der Waals surface area contributed by atoms with E-state index in [4.69, 9.17) is 37.2 Å². The van der Waals surface area contributed by atoms with Crippen LogP contribution in [0, 0.1) is 5.92 Å². The van der Waals surface area contributed by atoms with E-state index in [1.807, 2.05) is 38.1 Å². The molecule has 0 radical (unpaired) electrons. The topological polar surface area (TPSA) is 86.5 Å². The molecule has 0 aliphatic heterocycles. The smallest absolute Gasteiger partial charge is 0.258 e. The van der Waals surface area contributed by atoms with Gasteiger partial charge in [-0.1, -0.05) is 42.2 Å². The number of amides is 1. The Balaban J connectivity index is 1.66. The highest BCUT2D eigenvalue weighted by Crippen LogP contribution is 2.28. The van der Waals surface area contributed by atoms with Crippen molar-refractivity contribution in [3.05, 3.63) is 58.4 Å². The second-order valence-electron chi connectivity index (χ2n) is 6.84. The highest BCUT2D eigenvalue weighted by atomic mass is 35.5. The number of hydrogen-bond acceptors (Lipinski definition) is 6. The van der Waals surface area contributed by atoms with E-state index in [0.717, 1.165) is 11.3 Å². The number of nitrogens with one attached hydrogen (secondary N) is 1. The van der Waals surface area contributed by atoms with Crippen LogP contribution in [-0.4, -0.2) is 29.8 Å². The van der Waals surface area contributed by atoms with E-state index in [-0.39, 0.29) is 18.4 Å². The second kappa shape index (κ2) is 9.82. The van der Waals surface area contributed by atoms with Gasteiger partial charge in [0.15, 0.2) is 6.61 Å². The molecule has 0 aliphatic rings. The van der Waals surface area contributed by atoms with Crippen molar-refractivity contribution in [2.24, 2.45) is 5.92 Å². The average Bonchev–Trinajstić information content (AvgIpc) is 3.21. The van der Waals surface area contributed by atoms with E-state index in [1.165, 1.54) is 0 Å². The van der Waals surface area contributed by atoms with Gasteiger partial charge in [-0.3, -0.25) is 4.79 Å². The lowest BCUT2D eigenvalue weighted by Crippen LogP contribution is -2.35. The normalized spacial score (nSPS) is 11.9. The summed E-state index contributed by atoms with van der Waals surface area (Å²) in [5.41, 5.74) is 0.778. The average molecular weight is 450 g/mol. The van der Waals surface area contributed by atoms with Gasteiger partial charge in [-0.05, 0) is 48.4 Å². The molecule has 1 heterocycles. The molecule has 3 rings (SSSR count). The number of halogens is 2. The molecular weight excluding hydrogens is 429 g/mol. The molecule has 7 nitrogen and oxygen atoms in total. The first-order valence-electron chi connectivity index (χ1n) is 9.22. The molecule has 1 amide bonds. The van der Waals surface area contributed by atoms with Gasteiger partial charge in [0.2, 0.25) is 11.7 Å². The van der Waals surface area contributed by atoms with Gasteiger partial charge in [0, 0.05) is 10.6 Å². The zero-order chi connectivity index (χ0) is 21.7. The fourth-order valence-corrected chi connectivity index (χ4v) is 3.15. The molecule has 0 saturated carbocycles. The van der Waals surface area contributed by atoms with Crippen molar-refractivity contribution in [2.45, 2.75) is 19.9 Å². The van der Waals surface area contributed by atoms with Gasteiger partial charge in [-0.15, -0.1) is 0 Å². The molecule has 0 saturated heterocycles. The monoisotopic (exact) mass is 449 g/mol. The van der Waals surface area contributed by atoms with Crippen LogP contribution in [-0.2, 0) is 4.79 Å². The summed E-state index contributed by atoms with van der Waals surface area (Å²) in [4.78, 5) is 16.9. The minimum Gasteiger partial charge on any atom is -0.497 e. The van der Waals surface area contributed by atoms with E-state index < -0.39 is 6.04 Å². The molecule has 9 heteroatoms. The first-order valence-corrected chi connectivity index (χ1v) is 9.98. The molecule has 0 bridgehead atoms. The van der Waals surface area contributed by atoms with Crippen molar-refractivity contribution < 1.29 is 18.8 Å². The molecule has 1 atom stereocenters. The third kappa shape index (κ3) is 5.43. The number of nitrogens with zero attached hydrogens (tertiary/aromatic N) is 2. The molecule has 2 aromatic carbocycles. The second-order valence-corrected chi connectivity index (χ2v) is 7.68. The van der Waals surface area contributed by atoms with Crippen LogP contribution >= 0.6 is 23.2 Å². The molecule has 0 spiro atoms. The maximum atomic E-state index is 12.4. The van der Waals surface area contributed by atoms with Crippen LogP contribution in [0.4, 0.5) is 0 Å². The summed E-state index contributed by atoms with van der Waals surface area (Å²) in [6.07, 6.45) is 0. The summed E-state index contributed by atoms with van der Waals surface area (Å²) < 4.78 is 16.1. The van der Waals surface area contributed by atoms with Crippen LogP contribution in [0.15, 0.2) is 47.0 Å². The van der Waals surface area contributed by atoms with Gasteiger partial charge >= 0.3 is 0 Å². The van der Waals surface area contributed by atoms with Crippen molar-refractivity contribution in [1.29, 1.82) is 0 Å². The Hall–Kier alpha value is -2.77. The first-order chi connectivity index (χ1) is 14.4. The zero-order valence-electron chi connectivity index (χ0n) is 16.7. The number of hydrogen-bond donors (Lipinski definition) is 1. The van der Waals surface area contributed by atoms with Gasteiger partial charge in [0.25, 0.3) is 5.91 Å². The summed E-state index contributed by atoms with van der Waals surface area (Å²) in [7, 11) is 1.60. The molecule has 3 aromatic rings. The Morgan fingerprint density at radius 2 is 1.90 bits per heavy atom. The fraction of sp³-hybridized carbons (Fsp3) is 0.286. The highest BCUT2D eigenvalue weighted by Gasteiger charge is 2.25. The third-order valence-corrected chi connectivity index (χ3v) is 4.82. The highest BCUT2D eigenvalue weighted by molar-refractivity contribution is 6.35. The standard InChI is InChI=1S/C21H21Cl2N3O4/c1-12(2)19(24-18(27)11-29-17-9-6-14(22)10-16(17)23)21-25-20(26-30-21)13-4-7-15(28-3)8-5-13/h4-10,12,19H,11H2,1-3H3,(H,24,27)/t19-/m1/s1. The SMILES string of the molecule is COc1ccc(-c2noc([C@H](NC(=O)COc3ccc(Cl)cc3Cl)C(C)C)n2)cc1. The summed E-state index contributed by atoms with van der Waals surface area (Å²) in [5.74, 6) is 1.51. The Bertz CT molecular complexity index is 1010. The molecule has 0 aliphatic carbocycles. The van der Waals surface area contributed by atoms with Crippen molar-refractivity contribution in [1.82, 2.24) is 15.5 Å². The van der Waals surface area contributed by atoms with Gasteiger partial charge in [0.1, 0.15) is 17.5 Å². The van der Waals surface area contributed by atoms with Gasteiger partial charge < -0.3 is 19.3 Å². The number of benzene rings is 2. The Morgan fingerprint density at radius 3 is 2.53 bits per heavy atom. The number of rotatable bonds is 8. The molecule has 158 valence electrons. The number of aromatic nitrogens is 2. The predicted molar refractivity (Wildman–Crippen MR) is 114 cm³/mol. The lowest BCUT2D eigenvalue weighted by atomic mass is 10.0. The third-order valence-electron chi connectivity index (χ3n) is 4.29. The summed E-state index contributed by atoms with van der Waals surface area (Å²) in [6.45, 7) is 3.67. The molecular formula is C21H21Cl2N3O4. The largest absolute Gasteiger partial charge is 0.497 e. The van der Waals surface area contributed by atoms with E-state index in [9.17, 15) is 4.79 Å². The van der Waals surface area contributed by atoms with Gasteiger partial charge in [-0.2, -0.15) is 4.98 Å². The zero-order valence-corrected chi connectivity index (χ0v) is 18.2. The summed E-state index contributed by atoms with van der Waals surface area (Å²) in [5, 5.41) is 7.71. The Morgan fingerprint density at radius 1 is 1.17 bits per heavy atom. The van der Waals surface area contributed by atoms with Crippen molar-refractivity contribution >= 4 is 29.1 Å². The molecule has 30 heavy (non-hydrogen) atoms. The van der Waals surface area contributed by atoms with Crippen molar-refractivity contribution in [2.75, 3.05) is 13.7 Å². The van der Waals surface area contributed by atoms with Gasteiger partial charge in [0.05, 0.1) is 12.1 Å². The number of methoxy groups -OCH3 is 1. The molecule has 1 aromatic heterocycles. The van der Waals surface area contributed by atoms with Crippen LogP contribution in [0.3, 0.4) is 0 Å². The fourth-order valence-electron chi connectivity index (χ4n) is 2.68. The van der Waals surface area contributed by atoms with E-state index in [2.05, 4.69) is 15.5 Å². The quantitative estimate of drug-likeness (QED) is 0.523. The lowest BCUT2D eigenvalue weighted by molar-refractivity contribution is -0.124. The van der Waals surface area contributed by atoms with E-state index >= 15 is 0 Å². The number of carbonyl (C=O) groups excluding carboxylic acids is 1. The molecule has 1 N–H and O–H groups in total. The van der Waals surface area contributed by atoms with E-state index in [1.54, 1.807) is 25.3 Å². The molecule has 0 fully saturated rings. The van der Waals surface area contributed by atoms with E-state index in [0.29, 0.717) is 27.5 Å². The van der Waals surface area contributed by atoms with Crippen LogP contribution < -0.4 is 14.8 Å². The summed E-state index contributed by atoms with van der Waals surface area (Å²) >= 11 is 11.9. The van der Waals surface area contributed by atoms with Crippen LogP contribution in [0.25, 0.3) is 11.4 Å². The maximum absolute atomic E-state index is 12.4. The Labute approximate surface area is 184 Å². The minimum atomic E-state index is -0.471. The maximum Gasteiger partial charge on any atom is 0.258 e. The van der Waals surface area contributed by atoms with Gasteiger partial charge in [-0.25, -0.2) is 0 Å². The van der Waals surface area contributed by atoms with Crippen LogP contribution in [0.2, 0.25) is 10.0 Å². The van der Waals surface area contributed by atoms with Crippen LogP contribution in [0.5, 0.6) is 11.5 Å². The van der Waals surface area contributed by atoms with Crippen molar-refractivity contribution in [3.8, 4) is 22.9 Å². The predicted octanol–water partition coefficient (Wildman–Crippen LogP) is 4.94. The first kappa shape index (κ1) is 21.9. The summed E-state index contributed by atoms with van der Waals surface area (Å²) in [6, 6.07) is 11.6.